The second-order valence-corrected chi connectivity index (χ2v) is 5.52. The number of esters is 1. The Balaban J connectivity index is 2.96. The maximum Gasteiger partial charge on any atom is 0.307 e. The van der Waals surface area contributed by atoms with Crippen LogP contribution in [0.5, 0.6) is 0 Å². The third kappa shape index (κ3) is 4.06. The Hall–Kier alpha value is -1.89. The molecule has 0 atom stereocenters. The van der Waals surface area contributed by atoms with Crippen LogP contribution < -0.4 is 16.6 Å². The topological polar surface area (TPSA) is 102 Å². The summed E-state index contributed by atoms with van der Waals surface area (Å²) in [5.74, 6) is 7.14. The third-order valence-corrected chi connectivity index (χ3v) is 2.80. The van der Waals surface area contributed by atoms with Gasteiger partial charge in [-0.25, -0.2) is 15.8 Å². The number of nitrogens with zero attached hydrogens (tertiary/aromatic N) is 2. The fraction of sp³-hybridized carbons (Fsp3) is 0.615. The number of hydrazine groups is 1. The van der Waals surface area contributed by atoms with Gasteiger partial charge in [0, 0.05) is 17.5 Å². The highest BCUT2D eigenvalue weighted by Crippen LogP contribution is 2.25. The van der Waals surface area contributed by atoms with Crippen molar-refractivity contribution in [2.24, 2.45) is 5.84 Å². The molecule has 4 N–H and O–H groups in total. The van der Waals surface area contributed by atoms with E-state index >= 15 is 0 Å². The van der Waals surface area contributed by atoms with Gasteiger partial charge in [0.25, 0.3) is 0 Å². The fourth-order valence-electron chi connectivity index (χ4n) is 1.55. The molecule has 0 aromatic carbocycles. The van der Waals surface area contributed by atoms with E-state index in [1.165, 1.54) is 7.11 Å². The quantitative estimate of drug-likeness (QED) is 0.425. The molecule has 0 aliphatic heterocycles. The second kappa shape index (κ2) is 6.51. The molecule has 0 amide bonds. The van der Waals surface area contributed by atoms with Crippen molar-refractivity contribution in [3.63, 3.8) is 0 Å². The number of ether oxygens (including phenoxy) is 1. The van der Waals surface area contributed by atoms with E-state index < -0.39 is 0 Å². The zero-order valence-corrected chi connectivity index (χ0v) is 12.7. The number of carbonyl (C=O) groups is 1. The van der Waals surface area contributed by atoms with Crippen molar-refractivity contribution >= 4 is 17.6 Å². The van der Waals surface area contributed by atoms with Crippen LogP contribution in [0.3, 0.4) is 0 Å². The molecular formula is C13H23N5O2. The monoisotopic (exact) mass is 281 g/mol. The number of nitrogen functional groups attached to an aromatic ring is 1. The highest BCUT2D eigenvalue weighted by atomic mass is 16.5. The van der Waals surface area contributed by atoms with Crippen LogP contribution in [0.1, 0.15) is 38.6 Å². The van der Waals surface area contributed by atoms with Crippen molar-refractivity contribution in [2.45, 2.75) is 39.5 Å². The summed E-state index contributed by atoms with van der Waals surface area (Å²) < 4.78 is 4.60. The van der Waals surface area contributed by atoms with Crippen LogP contribution in [0.15, 0.2) is 0 Å². The van der Waals surface area contributed by atoms with E-state index in [-0.39, 0.29) is 17.8 Å². The number of carbonyl (C=O) groups excluding carboxylic acids is 1. The number of hydrogen-bond acceptors (Lipinski definition) is 7. The molecule has 7 heteroatoms. The van der Waals surface area contributed by atoms with E-state index in [9.17, 15) is 4.79 Å². The van der Waals surface area contributed by atoms with Gasteiger partial charge in [-0.05, 0) is 6.92 Å². The molecule has 20 heavy (non-hydrogen) atoms. The van der Waals surface area contributed by atoms with Gasteiger partial charge in [0.15, 0.2) is 0 Å². The Morgan fingerprint density at radius 1 is 1.30 bits per heavy atom. The van der Waals surface area contributed by atoms with Crippen molar-refractivity contribution < 1.29 is 9.53 Å². The van der Waals surface area contributed by atoms with Gasteiger partial charge < -0.3 is 15.5 Å². The number of nitrogens with one attached hydrogen (secondary N) is 2. The van der Waals surface area contributed by atoms with E-state index in [4.69, 9.17) is 5.84 Å². The molecule has 0 radical (unpaired) electrons. The maximum absolute atomic E-state index is 11.1. The number of aromatic nitrogens is 2. The van der Waals surface area contributed by atoms with E-state index in [1.807, 2.05) is 27.7 Å². The van der Waals surface area contributed by atoms with Crippen LogP contribution in [0, 0.1) is 6.92 Å². The lowest BCUT2D eigenvalue weighted by Crippen LogP contribution is -2.22. The molecule has 0 unspecified atom stereocenters. The second-order valence-electron chi connectivity index (χ2n) is 5.52. The molecule has 0 aliphatic rings. The zero-order valence-electron chi connectivity index (χ0n) is 12.7. The molecule has 0 bridgehead atoms. The van der Waals surface area contributed by atoms with Gasteiger partial charge in [-0.15, -0.1) is 0 Å². The minimum atomic E-state index is -0.266. The molecule has 1 aromatic rings. The molecule has 1 rings (SSSR count). The Morgan fingerprint density at radius 2 is 1.90 bits per heavy atom. The van der Waals surface area contributed by atoms with E-state index in [2.05, 4.69) is 25.4 Å². The van der Waals surface area contributed by atoms with E-state index in [1.54, 1.807) is 0 Å². The van der Waals surface area contributed by atoms with E-state index in [0.717, 1.165) is 5.56 Å². The van der Waals surface area contributed by atoms with Crippen LogP contribution >= 0.6 is 0 Å². The summed E-state index contributed by atoms with van der Waals surface area (Å²) in [6, 6.07) is 0. The number of rotatable bonds is 5. The van der Waals surface area contributed by atoms with Gasteiger partial charge in [-0.1, -0.05) is 20.8 Å². The van der Waals surface area contributed by atoms with Crippen LogP contribution in [-0.2, 0) is 14.9 Å². The van der Waals surface area contributed by atoms with Gasteiger partial charge in [-0.3, -0.25) is 4.79 Å². The lowest BCUT2D eigenvalue weighted by atomic mass is 9.95. The lowest BCUT2D eigenvalue weighted by molar-refractivity contribution is -0.140. The molecule has 1 aromatic heterocycles. The first-order chi connectivity index (χ1) is 9.29. The SMILES string of the molecule is COC(=O)CCNc1nc(C(C)(C)C)nc(NN)c1C. The first-order valence-corrected chi connectivity index (χ1v) is 6.46. The predicted molar refractivity (Wildman–Crippen MR) is 78.4 cm³/mol. The number of hydrogen-bond donors (Lipinski definition) is 3. The summed E-state index contributed by atoms with van der Waals surface area (Å²) in [6.07, 6.45) is 0.274. The Bertz CT molecular complexity index is 482. The van der Waals surface area contributed by atoms with Gasteiger partial charge >= 0.3 is 5.97 Å². The third-order valence-electron chi connectivity index (χ3n) is 2.80. The molecule has 0 fully saturated rings. The van der Waals surface area contributed by atoms with Crippen LogP contribution in [0.25, 0.3) is 0 Å². The van der Waals surface area contributed by atoms with Crippen molar-refractivity contribution in [1.29, 1.82) is 0 Å². The first kappa shape index (κ1) is 16.2. The summed E-state index contributed by atoms with van der Waals surface area (Å²) in [5.41, 5.74) is 3.19. The minimum Gasteiger partial charge on any atom is -0.469 e. The minimum absolute atomic E-state index is 0.196. The van der Waals surface area contributed by atoms with Crippen LogP contribution in [-0.4, -0.2) is 29.6 Å². The zero-order chi connectivity index (χ0) is 15.3. The maximum atomic E-state index is 11.1. The summed E-state index contributed by atoms with van der Waals surface area (Å²) in [4.78, 5) is 20.0. The Morgan fingerprint density at radius 3 is 2.40 bits per heavy atom. The molecule has 0 saturated carbocycles. The van der Waals surface area contributed by atoms with Crippen LogP contribution in [0.4, 0.5) is 11.6 Å². The molecule has 1 heterocycles. The predicted octanol–water partition coefficient (Wildman–Crippen LogP) is 1.34. The average molecular weight is 281 g/mol. The smallest absolute Gasteiger partial charge is 0.307 e. The van der Waals surface area contributed by atoms with Crippen LogP contribution in [0.2, 0.25) is 0 Å². The van der Waals surface area contributed by atoms with Gasteiger partial charge in [0.2, 0.25) is 0 Å². The highest BCUT2D eigenvalue weighted by Gasteiger charge is 2.21. The molecular weight excluding hydrogens is 258 g/mol. The largest absolute Gasteiger partial charge is 0.469 e. The summed E-state index contributed by atoms with van der Waals surface area (Å²) in [6.45, 7) is 8.38. The molecule has 7 nitrogen and oxygen atoms in total. The fourth-order valence-corrected chi connectivity index (χ4v) is 1.55. The molecule has 0 saturated heterocycles. The van der Waals surface area contributed by atoms with E-state index in [0.29, 0.717) is 24.0 Å². The Kier molecular flexibility index (Phi) is 5.26. The van der Waals surface area contributed by atoms with Crippen molar-refractivity contribution in [1.82, 2.24) is 9.97 Å². The lowest BCUT2D eigenvalue weighted by Gasteiger charge is -2.20. The summed E-state index contributed by atoms with van der Waals surface area (Å²) >= 11 is 0. The highest BCUT2D eigenvalue weighted by molar-refractivity contribution is 5.70. The van der Waals surface area contributed by atoms with Crippen molar-refractivity contribution in [3.05, 3.63) is 11.4 Å². The number of nitrogens with two attached hydrogens (primary N) is 1. The van der Waals surface area contributed by atoms with Crippen molar-refractivity contribution in [2.75, 3.05) is 24.4 Å². The first-order valence-electron chi connectivity index (χ1n) is 6.46. The molecule has 0 aliphatic carbocycles. The van der Waals surface area contributed by atoms with Gasteiger partial charge in [0.05, 0.1) is 13.5 Å². The number of methoxy groups -OCH3 is 1. The Labute approximate surface area is 119 Å². The van der Waals surface area contributed by atoms with Gasteiger partial charge in [0.1, 0.15) is 17.5 Å². The average Bonchev–Trinajstić information content (AvgIpc) is 2.39. The number of anilines is 2. The van der Waals surface area contributed by atoms with Gasteiger partial charge in [-0.2, -0.15) is 0 Å². The van der Waals surface area contributed by atoms with Crippen molar-refractivity contribution in [3.8, 4) is 0 Å². The summed E-state index contributed by atoms with van der Waals surface area (Å²) in [7, 11) is 1.37. The summed E-state index contributed by atoms with van der Waals surface area (Å²) in [5, 5.41) is 3.12. The molecule has 112 valence electrons. The normalized spacial score (nSPS) is 11.1. The molecule has 0 spiro atoms. The standard InChI is InChI=1S/C13H23N5O2/c1-8-10(15-7-6-9(19)20-5)16-12(13(2,3)4)17-11(8)18-14/h6-7,14H2,1-5H3,(H2,15,16,17,18).